The molecule has 0 aliphatic heterocycles. The van der Waals surface area contributed by atoms with E-state index in [1.807, 2.05) is 25.2 Å². The van der Waals surface area contributed by atoms with Crippen LogP contribution in [0.2, 0.25) is 0 Å². The van der Waals surface area contributed by atoms with E-state index < -0.39 is 0 Å². The SMILES string of the molecule is CNCc1cccc2c(=O)c3cc(O)ccc3sc12. The molecule has 2 aromatic carbocycles. The Morgan fingerprint density at radius 1 is 1.21 bits per heavy atom. The highest BCUT2D eigenvalue weighted by Gasteiger charge is 2.09. The fourth-order valence-corrected chi connectivity index (χ4v) is 3.41. The summed E-state index contributed by atoms with van der Waals surface area (Å²) in [6.45, 7) is 0.733. The number of benzene rings is 2. The van der Waals surface area contributed by atoms with Gasteiger partial charge in [0.15, 0.2) is 5.43 Å². The number of hydrogen-bond donors (Lipinski definition) is 2. The molecule has 0 aliphatic carbocycles. The molecule has 0 saturated heterocycles. The van der Waals surface area contributed by atoms with Gasteiger partial charge in [-0.1, -0.05) is 12.1 Å². The van der Waals surface area contributed by atoms with E-state index in [1.54, 1.807) is 29.5 Å². The predicted octanol–water partition coefficient (Wildman–Crippen LogP) is 2.84. The van der Waals surface area contributed by atoms with E-state index in [0.29, 0.717) is 5.39 Å². The summed E-state index contributed by atoms with van der Waals surface area (Å²) in [6.07, 6.45) is 0. The molecule has 1 heterocycles. The first-order valence-electron chi connectivity index (χ1n) is 6.03. The van der Waals surface area contributed by atoms with Crippen LogP contribution < -0.4 is 10.7 Å². The molecule has 0 radical (unpaired) electrons. The van der Waals surface area contributed by atoms with Gasteiger partial charge in [0.1, 0.15) is 5.75 Å². The summed E-state index contributed by atoms with van der Waals surface area (Å²) in [7, 11) is 1.89. The maximum Gasteiger partial charge on any atom is 0.196 e. The lowest BCUT2D eigenvalue weighted by Gasteiger charge is -2.06. The van der Waals surface area contributed by atoms with Crippen LogP contribution in [0.1, 0.15) is 5.56 Å². The van der Waals surface area contributed by atoms with E-state index in [2.05, 4.69) is 5.32 Å². The largest absolute Gasteiger partial charge is 0.508 e. The zero-order valence-electron chi connectivity index (χ0n) is 10.4. The number of fused-ring (bicyclic) bond motifs is 2. The van der Waals surface area contributed by atoms with Gasteiger partial charge in [-0.2, -0.15) is 0 Å². The first-order valence-corrected chi connectivity index (χ1v) is 6.84. The summed E-state index contributed by atoms with van der Waals surface area (Å²) in [6, 6.07) is 10.7. The van der Waals surface area contributed by atoms with Crippen molar-refractivity contribution in [2.75, 3.05) is 7.05 Å². The van der Waals surface area contributed by atoms with Crippen molar-refractivity contribution in [3.8, 4) is 5.75 Å². The van der Waals surface area contributed by atoms with Gasteiger partial charge in [-0.3, -0.25) is 4.79 Å². The Morgan fingerprint density at radius 2 is 2.05 bits per heavy atom. The average Bonchev–Trinajstić information content (AvgIpc) is 2.41. The zero-order chi connectivity index (χ0) is 13.4. The smallest absolute Gasteiger partial charge is 0.196 e. The molecule has 1 aromatic heterocycles. The Kier molecular flexibility index (Phi) is 2.97. The molecular weight excluding hydrogens is 258 g/mol. The highest BCUT2D eigenvalue weighted by Crippen LogP contribution is 2.29. The summed E-state index contributed by atoms with van der Waals surface area (Å²) >= 11 is 1.59. The highest BCUT2D eigenvalue weighted by atomic mass is 32.1. The molecule has 3 nitrogen and oxygen atoms in total. The normalized spacial score (nSPS) is 11.2. The second-order valence-corrected chi connectivity index (χ2v) is 5.49. The second kappa shape index (κ2) is 4.64. The third-order valence-corrected chi connectivity index (χ3v) is 4.39. The van der Waals surface area contributed by atoms with Crippen molar-refractivity contribution in [3.63, 3.8) is 0 Å². The second-order valence-electron chi connectivity index (χ2n) is 4.44. The Labute approximate surface area is 114 Å². The van der Waals surface area contributed by atoms with E-state index in [4.69, 9.17) is 0 Å². The van der Waals surface area contributed by atoms with Crippen LogP contribution in [0.5, 0.6) is 5.75 Å². The van der Waals surface area contributed by atoms with Crippen molar-refractivity contribution in [1.82, 2.24) is 5.32 Å². The van der Waals surface area contributed by atoms with Crippen LogP contribution >= 0.6 is 11.3 Å². The first kappa shape index (κ1) is 12.1. The molecule has 0 atom stereocenters. The van der Waals surface area contributed by atoms with Crippen LogP contribution in [0.15, 0.2) is 41.2 Å². The molecule has 0 spiro atoms. The number of phenols is 1. The van der Waals surface area contributed by atoms with Gasteiger partial charge in [-0.25, -0.2) is 0 Å². The molecule has 0 bridgehead atoms. The van der Waals surface area contributed by atoms with Crippen LogP contribution in [0.3, 0.4) is 0 Å². The van der Waals surface area contributed by atoms with Crippen LogP contribution in [0.4, 0.5) is 0 Å². The first-order chi connectivity index (χ1) is 9.20. The molecule has 0 unspecified atom stereocenters. The van der Waals surface area contributed by atoms with E-state index >= 15 is 0 Å². The lowest BCUT2D eigenvalue weighted by Crippen LogP contribution is -2.07. The van der Waals surface area contributed by atoms with Gasteiger partial charge in [0, 0.05) is 26.7 Å². The van der Waals surface area contributed by atoms with E-state index in [-0.39, 0.29) is 11.2 Å². The standard InChI is InChI=1S/C15H13NO2S/c1-16-8-9-3-2-4-11-14(18)12-7-10(17)5-6-13(12)19-15(9)11/h2-7,16-17H,8H2,1H3. The molecule has 3 rings (SSSR count). The third-order valence-electron chi connectivity index (χ3n) is 3.13. The number of phenolic OH excluding ortho intramolecular Hbond substituents is 1. The minimum atomic E-state index is -0.0161. The highest BCUT2D eigenvalue weighted by molar-refractivity contribution is 7.24. The maximum atomic E-state index is 12.5. The molecule has 0 aliphatic rings. The summed E-state index contributed by atoms with van der Waals surface area (Å²) in [4.78, 5) is 12.5. The fourth-order valence-electron chi connectivity index (χ4n) is 2.25. The molecule has 0 amide bonds. The molecular formula is C15H13NO2S. The summed E-state index contributed by atoms with van der Waals surface area (Å²) < 4.78 is 1.92. The fraction of sp³-hybridized carbons (Fsp3) is 0.133. The maximum absolute atomic E-state index is 12.5. The monoisotopic (exact) mass is 271 g/mol. The molecule has 4 heteroatoms. The van der Waals surface area contributed by atoms with E-state index in [1.165, 1.54) is 0 Å². The van der Waals surface area contributed by atoms with Gasteiger partial charge in [-0.05, 0) is 36.9 Å². The lowest BCUT2D eigenvalue weighted by molar-refractivity contribution is 0.476. The molecule has 3 aromatic rings. The number of hydrogen-bond acceptors (Lipinski definition) is 4. The van der Waals surface area contributed by atoms with Crippen molar-refractivity contribution in [1.29, 1.82) is 0 Å². The van der Waals surface area contributed by atoms with Crippen LogP contribution in [0, 0.1) is 0 Å². The number of aromatic hydroxyl groups is 1. The molecule has 96 valence electrons. The predicted molar refractivity (Wildman–Crippen MR) is 80.0 cm³/mol. The van der Waals surface area contributed by atoms with E-state index in [0.717, 1.165) is 26.9 Å². The van der Waals surface area contributed by atoms with Gasteiger partial charge in [0.25, 0.3) is 0 Å². The van der Waals surface area contributed by atoms with Crippen molar-refractivity contribution >= 4 is 31.5 Å². The average molecular weight is 271 g/mol. The summed E-state index contributed by atoms with van der Waals surface area (Å²) in [5, 5.41) is 13.9. The molecule has 0 fully saturated rings. The van der Waals surface area contributed by atoms with Crippen molar-refractivity contribution < 1.29 is 5.11 Å². The Bertz CT molecular complexity index is 823. The summed E-state index contributed by atoms with van der Waals surface area (Å²) in [5.41, 5.74) is 1.11. The van der Waals surface area contributed by atoms with Crippen LogP contribution in [-0.2, 0) is 6.54 Å². The van der Waals surface area contributed by atoms with Gasteiger partial charge in [0.05, 0.1) is 0 Å². The van der Waals surface area contributed by atoms with Crippen molar-refractivity contribution in [2.45, 2.75) is 6.54 Å². The lowest BCUT2D eigenvalue weighted by atomic mass is 10.1. The van der Waals surface area contributed by atoms with Gasteiger partial charge in [-0.15, -0.1) is 11.3 Å². The Hall–Kier alpha value is -1.91. The topological polar surface area (TPSA) is 49.3 Å². The molecule has 2 N–H and O–H groups in total. The zero-order valence-corrected chi connectivity index (χ0v) is 11.3. The van der Waals surface area contributed by atoms with Crippen molar-refractivity contribution in [3.05, 3.63) is 52.2 Å². The van der Waals surface area contributed by atoms with Gasteiger partial charge in [0.2, 0.25) is 0 Å². The number of nitrogens with one attached hydrogen (secondary N) is 1. The van der Waals surface area contributed by atoms with Crippen LogP contribution in [-0.4, -0.2) is 12.2 Å². The summed E-state index contributed by atoms with van der Waals surface area (Å²) in [5.74, 6) is 0.127. The number of rotatable bonds is 2. The van der Waals surface area contributed by atoms with Crippen LogP contribution in [0.25, 0.3) is 20.2 Å². The van der Waals surface area contributed by atoms with Crippen molar-refractivity contribution in [2.24, 2.45) is 0 Å². The quantitative estimate of drug-likeness (QED) is 0.705. The minimum Gasteiger partial charge on any atom is -0.508 e. The van der Waals surface area contributed by atoms with E-state index in [9.17, 15) is 9.90 Å². The third kappa shape index (κ3) is 1.99. The van der Waals surface area contributed by atoms with Gasteiger partial charge >= 0.3 is 0 Å². The Balaban J connectivity index is 2.46. The molecule has 0 saturated carbocycles. The molecule has 19 heavy (non-hydrogen) atoms. The van der Waals surface area contributed by atoms with Gasteiger partial charge < -0.3 is 10.4 Å². The minimum absolute atomic E-state index is 0.0161. The Morgan fingerprint density at radius 3 is 2.84 bits per heavy atom.